The van der Waals surface area contributed by atoms with Crippen molar-refractivity contribution in [3.8, 4) is 5.75 Å². The van der Waals surface area contributed by atoms with Crippen LogP contribution in [0.25, 0.3) is 0 Å². The molecule has 0 spiro atoms. The van der Waals surface area contributed by atoms with Crippen LogP contribution in [-0.4, -0.2) is 18.4 Å². The van der Waals surface area contributed by atoms with Crippen LogP contribution in [0.1, 0.15) is 21.9 Å². The average Bonchev–Trinajstić information content (AvgIpc) is 2.93. The van der Waals surface area contributed by atoms with Crippen LogP contribution in [0.5, 0.6) is 5.75 Å². The van der Waals surface area contributed by atoms with Crippen molar-refractivity contribution in [2.75, 3.05) is 17.2 Å². The SMILES string of the molecule is Cc1oc(C)c(C(=O)Nc2cccc(OCC(=O)Nc3ccccc3)c2)c1Br. The van der Waals surface area contributed by atoms with E-state index in [0.717, 1.165) is 0 Å². The molecule has 0 aliphatic carbocycles. The molecule has 0 atom stereocenters. The third-order valence-electron chi connectivity index (χ3n) is 3.93. The molecule has 0 aliphatic heterocycles. The van der Waals surface area contributed by atoms with Gasteiger partial charge in [0.05, 0.1) is 10.0 Å². The van der Waals surface area contributed by atoms with Gasteiger partial charge in [-0.25, -0.2) is 0 Å². The number of ether oxygens (including phenoxy) is 1. The van der Waals surface area contributed by atoms with Crippen molar-refractivity contribution in [2.24, 2.45) is 0 Å². The Hall–Kier alpha value is -3.06. The first-order valence-electron chi connectivity index (χ1n) is 8.58. The summed E-state index contributed by atoms with van der Waals surface area (Å²) in [5.41, 5.74) is 1.70. The van der Waals surface area contributed by atoms with E-state index in [1.165, 1.54) is 0 Å². The van der Waals surface area contributed by atoms with Crippen LogP contribution in [0.3, 0.4) is 0 Å². The predicted molar refractivity (Wildman–Crippen MR) is 111 cm³/mol. The zero-order valence-electron chi connectivity index (χ0n) is 15.4. The highest BCUT2D eigenvalue weighted by Crippen LogP contribution is 2.28. The van der Waals surface area contributed by atoms with Gasteiger partial charge in [-0.05, 0) is 54.0 Å². The topological polar surface area (TPSA) is 80.6 Å². The Kier molecular flexibility index (Phi) is 6.16. The van der Waals surface area contributed by atoms with Crippen LogP contribution >= 0.6 is 15.9 Å². The minimum absolute atomic E-state index is 0.141. The molecule has 3 rings (SSSR count). The third-order valence-corrected chi connectivity index (χ3v) is 4.89. The largest absolute Gasteiger partial charge is 0.484 e. The molecular weight excluding hydrogens is 424 g/mol. The number of carbonyl (C=O) groups excluding carboxylic acids is 2. The van der Waals surface area contributed by atoms with Crippen molar-refractivity contribution in [3.05, 3.63) is 76.2 Å². The van der Waals surface area contributed by atoms with E-state index >= 15 is 0 Å². The Labute approximate surface area is 171 Å². The number of furan rings is 1. The van der Waals surface area contributed by atoms with Gasteiger partial charge in [-0.3, -0.25) is 9.59 Å². The van der Waals surface area contributed by atoms with E-state index in [0.29, 0.717) is 38.7 Å². The molecule has 0 aliphatic rings. The van der Waals surface area contributed by atoms with Crippen LogP contribution in [-0.2, 0) is 4.79 Å². The van der Waals surface area contributed by atoms with E-state index in [1.807, 2.05) is 18.2 Å². The molecule has 7 heteroatoms. The Bertz CT molecular complexity index is 999. The number of hydrogen-bond acceptors (Lipinski definition) is 4. The molecule has 1 aromatic heterocycles. The van der Waals surface area contributed by atoms with Gasteiger partial charge in [0.1, 0.15) is 17.3 Å². The minimum atomic E-state index is -0.291. The van der Waals surface area contributed by atoms with Gasteiger partial charge in [0, 0.05) is 17.4 Å². The van der Waals surface area contributed by atoms with Crippen molar-refractivity contribution in [3.63, 3.8) is 0 Å². The first-order chi connectivity index (χ1) is 13.4. The number of halogens is 1. The van der Waals surface area contributed by atoms with Crippen LogP contribution in [0.4, 0.5) is 11.4 Å². The van der Waals surface area contributed by atoms with E-state index in [1.54, 1.807) is 50.2 Å². The van der Waals surface area contributed by atoms with E-state index in [9.17, 15) is 9.59 Å². The number of aryl methyl sites for hydroxylation is 2. The van der Waals surface area contributed by atoms with E-state index in [-0.39, 0.29) is 18.4 Å². The van der Waals surface area contributed by atoms with Gasteiger partial charge in [0.2, 0.25) is 0 Å². The fraction of sp³-hybridized carbons (Fsp3) is 0.143. The molecule has 0 unspecified atom stereocenters. The fourth-order valence-electron chi connectivity index (χ4n) is 2.64. The van der Waals surface area contributed by atoms with Crippen LogP contribution in [0.15, 0.2) is 63.5 Å². The molecule has 6 nitrogen and oxygen atoms in total. The Balaban J connectivity index is 1.61. The lowest BCUT2D eigenvalue weighted by atomic mass is 10.2. The second-order valence-electron chi connectivity index (χ2n) is 6.09. The molecule has 0 saturated carbocycles. The monoisotopic (exact) mass is 442 g/mol. The fourth-order valence-corrected chi connectivity index (χ4v) is 3.18. The second-order valence-corrected chi connectivity index (χ2v) is 6.88. The molecule has 0 saturated heterocycles. The molecule has 28 heavy (non-hydrogen) atoms. The number of para-hydroxylation sites is 1. The summed E-state index contributed by atoms with van der Waals surface area (Å²) in [5, 5.41) is 5.56. The lowest BCUT2D eigenvalue weighted by Gasteiger charge is -2.10. The number of carbonyl (C=O) groups is 2. The Morgan fingerprint density at radius 2 is 1.68 bits per heavy atom. The Morgan fingerprint density at radius 1 is 0.964 bits per heavy atom. The van der Waals surface area contributed by atoms with Crippen molar-refractivity contribution in [1.29, 1.82) is 0 Å². The van der Waals surface area contributed by atoms with Crippen LogP contribution in [0, 0.1) is 13.8 Å². The molecule has 1 heterocycles. The molecule has 0 fully saturated rings. The zero-order chi connectivity index (χ0) is 20.1. The second kappa shape index (κ2) is 8.75. The summed E-state index contributed by atoms with van der Waals surface area (Å²) >= 11 is 3.37. The van der Waals surface area contributed by atoms with Crippen LogP contribution < -0.4 is 15.4 Å². The van der Waals surface area contributed by atoms with Gasteiger partial charge in [0.15, 0.2) is 6.61 Å². The van der Waals surface area contributed by atoms with E-state index < -0.39 is 0 Å². The first kappa shape index (κ1) is 19.7. The maximum Gasteiger partial charge on any atom is 0.262 e. The van der Waals surface area contributed by atoms with Crippen LogP contribution in [0.2, 0.25) is 0 Å². The predicted octanol–water partition coefficient (Wildman–Crippen LogP) is 4.93. The standard InChI is InChI=1S/C21H19BrN2O4/c1-13-19(20(22)14(2)28-13)21(26)24-16-9-6-10-17(11-16)27-12-18(25)23-15-7-4-3-5-8-15/h3-11H,12H2,1-2H3,(H,23,25)(H,24,26). The molecule has 2 aromatic carbocycles. The summed E-state index contributed by atoms with van der Waals surface area (Å²) in [4.78, 5) is 24.5. The van der Waals surface area contributed by atoms with Gasteiger partial charge in [-0.15, -0.1) is 0 Å². The van der Waals surface area contributed by atoms with Crippen molar-refractivity contribution >= 4 is 39.1 Å². The number of nitrogens with one attached hydrogen (secondary N) is 2. The lowest BCUT2D eigenvalue weighted by molar-refractivity contribution is -0.118. The number of amides is 2. The molecule has 2 N–H and O–H groups in total. The van der Waals surface area contributed by atoms with Crippen molar-refractivity contribution < 1.29 is 18.7 Å². The summed E-state index contributed by atoms with van der Waals surface area (Å²) in [7, 11) is 0. The van der Waals surface area contributed by atoms with Gasteiger partial charge in [-0.1, -0.05) is 24.3 Å². The van der Waals surface area contributed by atoms with Crippen molar-refractivity contribution in [1.82, 2.24) is 0 Å². The lowest BCUT2D eigenvalue weighted by Crippen LogP contribution is -2.20. The van der Waals surface area contributed by atoms with Gasteiger partial charge in [-0.2, -0.15) is 0 Å². The quantitative estimate of drug-likeness (QED) is 0.566. The van der Waals surface area contributed by atoms with Gasteiger partial charge in [0.25, 0.3) is 11.8 Å². The zero-order valence-corrected chi connectivity index (χ0v) is 17.0. The summed E-state index contributed by atoms with van der Waals surface area (Å²) in [6.45, 7) is 3.37. The normalized spacial score (nSPS) is 10.4. The van der Waals surface area contributed by atoms with Crippen molar-refractivity contribution in [2.45, 2.75) is 13.8 Å². The van der Waals surface area contributed by atoms with E-state index in [4.69, 9.17) is 9.15 Å². The number of benzene rings is 2. The molecule has 144 valence electrons. The number of hydrogen-bond donors (Lipinski definition) is 2. The highest BCUT2D eigenvalue weighted by atomic mass is 79.9. The molecule has 0 bridgehead atoms. The molecule has 3 aromatic rings. The highest BCUT2D eigenvalue weighted by Gasteiger charge is 2.20. The summed E-state index contributed by atoms with van der Waals surface area (Å²) < 4.78 is 11.6. The number of anilines is 2. The number of rotatable bonds is 6. The third kappa shape index (κ3) is 4.80. The smallest absolute Gasteiger partial charge is 0.262 e. The highest BCUT2D eigenvalue weighted by molar-refractivity contribution is 9.10. The summed E-state index contributed by atoms with van der Waals surface area (Å²) in [6, 6.07) is 16.0. The summed E-state index contributed by atoms with van der Waals surface area (Å²) in [6.07, 6.45) is 0. The first-order valence-corrected chi connectivity index (χ1v) is 9.38. The van der Waals surface area contributed by atoms with E-state index in [2.05, 4.69) is 26.6 Å². The Morgan fingerprint density at radius 3 is 2.36 bits per heavy atom. The summed E-state index contributed by atoms with van der Waals surface area (Å²) in [5.74, 6) is 1.09. The van der Waals surface area contributed by atoms with Gasteiger partial charge >= 0.3 is 0 Å². The maximum absolute atomic E-state index is 12.5. The average molecular weight is 443 g/mol. The van der Waals surface area contributed by atoms with Gasteiger partial charge < -0.3 is 19.8 Å². The molecular formula is C21H19BrN2O4. The molecule has 2 amide bonds. The minimum Gasteiger partial charge on any atom is -0.484 e. The maximum atomic E-state index is 12.5. The molecule has 0 radical (unpaired) electrons.